The summed E-state index contributed by atoms with van der Waals surface area (Å²) in [5.41, 5.74) is 3.10. The molecular weight excluding hydrogens is 486 g/mol. The van der Waals surface area contributed by atoms with Gasteiger partial charge in [0.05, 0.1) is 29.1 Å². The van der Waals surface area contributed by atoms with Crippen molar-refractivity contribution in [3.8, 4) is 10.6 Å². The van der Waals surface area contributed by atoms with Crippen molar-refractivity contribution in [3.63, 3.8) is 0 Å². The van der Waals surface area contributed by atoms with Gasteiger partial charge in [-0.1, -0.05) is 30.3 Å². The first-order valence-electron chi connectivity index (χ1n) is 11.0. The quantitative estimate of drug-likeness (QED) is 0.310. The van der Waals surface area contributed by atoms with Gasteiger partial charge in [-0.25, -0.2) is 9.78 Å². The topological polar surface area (TPSA) is 71.5 Å². The predicted octanol–water partition coefficient (Wildman–Crippen LogP) is 6.27. The third-order valence-electron chi connectivity index (χ3n) is 5.46. The highest BCUT2D eigenvalue weighted by molar-refractivity contribution is 8.00. The van der Waals surface area contributed by atoms with Crippen LogP contribution in [0.3, 0.4) is 0 Å². The molecule has 5 rings (SSSR count). The van der Waals surface area contributed by atoms with Gasteiger partial charge >= 0.3 is 6.09 Å². The van der Waals surface area contributed by atoms with E-state index in [9.17, 15) is 9.59 Å². The number of hydrogen-bond donors (Lipinski definition) is 1. The van der Waals surface area contributed by atoms with Crippen LogP contribution in [0.1, 0.15) is 17.4 Å². The summed E-state index contributed by atoms with van der Waals surface area (Å²) in [5, 5.41) is 4.84. The molecule has 4 aromatic rings. The average molecular weight is 510 g/mol. The predicted molar refractivity (Wildman–Crippen MR) is 140 cm³/mol. The second-order valence-electron chi connectivity index (χ2n) is 7.72. The van der Waals surface area contributed by atoms with Crippen LogP contribution in [-0.4, -0.2) is 40.8 Å². The number of aromatic nitrogens is 1. The van der Waals surface area contributed by atoms with E-state index in [0.717, 1.165) is 41.1 Å². The molecule has 0 saturated heterocycles. The van der Waals surface area contributed by atoms with Crippen LogP contribution in [0.2, 0.25) is 0 Å². The van der Waals surface area contributed by atoms with Crippen molar-refractivity contribution in [2.24, 2.45) is 0 Å². The fourth-order valence-electron chi connectivity index (χ4n) is 3.90. The molecule has 0 saturated carbocycles. The maximum absolute atomic E-state index is 12.9. The molecule has 2 amide bonds. The smallest absolute Gasteiger partial charge is 0.410 e. The van der Waals surface area contributed by atoms with Crippen molar-refractivity contribution in [2.45, 2.75) is 24.8 Å². The van der Waals surface area contributed by atoms with E-state index < -0.39 is 0 Å². The maximum Gasteiger partial charge on any atom is 0.410 e. The number of amides is 2. The van der Waals surface area contributed by atoms with Crippen LogP contribution in [-0.2, 0) is 22.5 Å². The molecule has 0 fully saturated rings. The molecule has 174 valence electrons. The van der Waals surface area contributed by atoms with E-state index in [4.69, 9.17) is 9.72 Å². The molecule has 3 heterocycles. The molecule has 0 bridgehead atoms. The van der Waals surface area contributed by atoms with E-state index in [-0.39, 0.29) is 12.0 Å². The summed E-state index contributed by atoms with van der Waals surface area (Å²) < 4.78 is 6.31. The van der Waals surface area contributed by atoms with Gasteiger partial charge in [0.25, 0.3) is 0 Å². The lowest BCUT2D eigenvalue weighted by atomic mass is 10.0. The standard InChI is InChI=1S/C25H23N3O3S3/c1-2-31-25(30)28-13-12-17-20(14-28)34-24(27-21(29)15-32-16-8-4-3-5-9-16)22(17)23-26-18-10-6-7-11-19(18)33-23/h3-11H,2,12-15H2,1H3,(H,27,29). The van der Waals surface area contributed by atoms with Crippen molar-refractivity contribution in [2.75, 3.05) is 24.2 Å². The third kappa shape index (κ3) is 4.82. The average Bonchev–Trinajstić information content (AvgIpc) is 3.43. The fourth-order valence-corrected chi connectivity index (χ4v) is 7.01. The normalized spacial score (nSPS) is 13.0. The number of nitrogens with zero attached hydrogens (tertiary/aromatic N) is 2. The van der Waals surface area contributed by atoms with E-state index >= 15 is 0 Å². The Morgan fingerprint density at radius 3 is 2.71 bits per heavy atom. The molecule has 2 aromatic carbocycles. The number of thioether (sulfide) groups is 1. The Kier molecular flexibility index (Phi) is 6.85. The SMILES string of the molecule is CCOC(=O)N1CCc2c(sc(NC(=O)CSc3ccccc3)c2-c2nc3ccccc3s2)C1. The van der Waals surface area contributed by atoms with E-state index in [1.807, 2.05) is 55.5 Å². The Hall–Kier alpha value is -2.88. The zero-order valence-corrected chi connectivity index (χ0v) is 21.0. The molecule has 0 atom stereocenters. The lowest BCUT2D eigenvalue weighted by Gasteiger charge is -2.26. The van der Waals surface area contributed by atoms with Gasteiger partial charge in [-0.2, -0.15) is 0 Å². The largest absolute Gasteiger partial charge is 0.450 e. The van der Waals surface area contributed by atoms with Crippen molar-refractivity contribution in [1.29, 1.82) is 0 Å². The zero-order chi connectivity index (χ0) is 23.5. The number of carbonyl (C=O) groups excluding carboxylic acids is 2. The zero-order valence-electron chi connectivity index (χ0n) is 18.6. The molecular formula is C25H23N3O3S3. The van der Waals surface area contributed by atoms with E-state index in [1.54, 1.807) is 16.2 Å². The lowest BCUT2D eigenvalue weighted by molar-refractivity contribution is -0.113. The van der Waals surface area contributed by atoms with Gasteiger partial charge in [-0.15, -0.1) is 34.4 Å². The first-order chi connectivity index (χ1) is 16.6. The lowest BCUT2D eigenvalue weighted by Crippen LogP contribution is -2.35. The number of carbonyl (C=O) groups is 2. The van der Waals surface area contributed by atoms with Crippen molar-refractivity contribution in [3.05, 3.63) is 65.0 Å². The van der Waals surface area contributed by atoms with Gasteiger partial charge < -0.3 is 15.0 Å². The Morgan fingerprint density at radius 1 is 1.12 bits per heavy atom. The molecule has 34 heavy (non-hydrogen) atoms. The molecule has 0 aliphatic carbocycles. The molecule has 2 aromatic heterocycles. The molecule has 1 aliphatic rings. The van der Waals surface area contributed by atoms with Crippen LogP contribution in [0.15, 0.2) is 59.5 Å². The summed E-state index contributed by atoms with van der Waals surface area (Å²) in [6.45, 7) is 3.22. The van der Waals surface area contributed by atoms with Gasteiger partial charge in [-0.05, 0) is 43.2 Å². The van der Waals surface area contributed by atoms with E-state index in [2.05, 4.69) is 11.4 Å². The Morgan fingerprint density at radius 2 is 1.91 bits per heavy atom. The van der Waals surface area contributed by atoms with Gasteiger partial charge in [0, 0.05) is 21.9 Å². The van der Waals surface area contributed by atoms with Crippen LogP contribution in [0.4, 0.5) is 9.80 Å². The Labute approximate surface area is 210 Å². The summed E-state index contributed by atoms with van der Waals surface area (Å²) in [4.78, 5) is 33.9. The van der Waals surface area contributed by atoms with Gasteiger partial charge in [0.1, 0.15) is 10.0 Å². The summed E-state index contributed by atoms with van der Waals surface area (Å²) >= 11 is 4.67. The van der Waals surface area contributed by atoms with Gasteiger partial charge in [-0.3, -0.25) is 4.79 Å². The number of fused-ring (bicyclic) bond motifs is 2. The molecule has 9 heteroatoms. The molecule has 0 spiro atoms. The van der Waals surface area contributed by atoms with Crippen LogP contribution < -0.4 is 5.32 Å². The van der Waals surface area contributed by atoms with Crippen LogP contribution in [0.5, 0.6) is 0 Å². The number of ether oxygens (including phenoxy) is 1. The highest BCUT2D eigenvalue weighted by Gasteiger charge is 2.30. The van der Waals surface area contributed by atoms with Crippen molar-refractivity contribution < 1.29 is 14.3 Å². The minimum absolute atomic E-state index is 0.0583. The molecule has 0 radical (unpaired) electrons. The number of nitrogens with one attached hydrogen (secondary N) is 1. The number of para-hydroxylation sites is 1. The summed E-state index contributed by atoms with van der Waals surface area (Å²) in [6.07, 6.45) is 0.401. The second-order valence-corrected chi connectivity index (χ2v) is 10.9. The second kappa shape index (κ2) is 10.2. The minimum Gasteiger partial charge on any atom is -0.450 e. The van der Waals surface area contributed by atoms with Crippen LogP contribution in [0, 0.1) is 0 Å². The third-order valence-corrected chi connectivity index (χ3v) is 8.65. The number of thiazole rings is 1. The first kappa shape index (κ1) is 22.9. The van der Waals surface area contributed by atoms with Crippen molar-refractivity contribution in [1.82, 2.24) is 9.88 Å². The number of anilines is 1. The van der Waals surface area contributed by atoms with Crippen molar-refractivity contribution >= 4 is 61.7 Å². The first-order valence-corrected chi connectivity index (χ1v) is 13.6. The molecule has 1 N–H and O–H groups in total. The van der Waals surface area contributed by atoms with Gasteiger partial charge in [0.2, 0.25) is 5.91 Å². The highest BCUT2D eigenvalue weighted by Crippen LogP contribution is 2.45. The van der Waals surface area contributed by atoms with Crippen LogP contribution in [0.25, 0.3) is 20.8 Å². The number of benzene rings is 2. The number of hydrogen-bond acceptors (Lipinski definition) is 7. The van der Waals surface area contributed by atoms with Crippen LogP contribution >= 0.6 is 34.4 Å². The van der Waals surface area contributed by atoms with E-state index in [1.165, 1.54) is 23.1 Å². The monoisotopic (exact) mass is 509 g/mol. The Bertz CT molecular complexity index is 1300. The molecule has 0 unspecified atom stereocenters. The molecule has 1 aliphatic heterocycles. The fraction of sp³-hybridized carbons (Fsp3) is 0.240. The highest BCUT2D eigenvalue weighted by atomic mass is 32.2. The minimum atomic E-state index is -0.298. The van der Waals surface area contributed by atoms with E-state index in [0.29, 0.717) is 31.9 Å². The molecule has 6 nitrogen and oxygen atoms in total. The maximum atomic E-state index is 12.9. The number of rotatable bonds is 6. The Balaban J connectivity index is 1.45. The summed E-state index contributed by atoms with van der Waals surface area (Å²) in [5.74, 6) is 0.262. The number of thiophene rings is 1. The summed E-state index contributed by atoms with van der Waals surface area (Å²) in [6, 6.07) is 17.9. The van der Waals surface area contributed by atoms with Gasteiger partial charge in [0.15, 0.2) is 0 Å². The summed E-state index contributed by atoms with van der Waals surface area (Å²) in [7, 11) is 0.